The molecular formula is C18H20ClFN4OS. The number of nitrogens with zero attached hydrogens (tertiary/aromatic N) is 3. The van der Waals surface area contributed by atoms with Gasteiger partial charge in [0.05, 0.1) is 11.4 Å². The highest BCUT2D eigenvalue weighted by Crippen LogP contribution is 2.26. The van der Waals surface area contributed by atoms with Gasteiger partial charge in [0.1, 0.15) is 23.0 Å². The molecule has 1 aliphatic rings. The molecule has 0 bridgehead atoms. The molecular weight excluding hydrogens is 375 g/mol. The number of nitrogens with one attached hydrogen (secondary N) is 1. The summed E-state index contributed by atoms with van der Waals surface area (Å²) in [5, 5.41) is 3.55. The van der Waals surface area contributed by atoms with Crippen molar-refractivity contribution in [3.05, 3.63) is 41.4 Å². The zero-order chi connectivity index (χ0) is 18.5. The number of piperidine rings is 1. The van der Waals surface area contributed by atoms with Crippen molar-refractivity contribution in [2.24, 2.45) is 0 Å². The van der Waals surface area contributed by atoms with E-state index in [1.807, 2.05) is 6.07 Å². The molecule has 5 nitrogen and oxygen atoms in total. The molecule has 1 amide bonds. The maximum atomic E-state index is 13.7. The van der Waals surface area contributed by atoms with Gasteiger partial charge in [-0.25, -0.2) is 14.4 Å². The summed E-state index contributed by atoms with van der Waals surface area (Å²) in [6, 6.07) is 6.50. The van der Waals surface area contributed by atoms with Crippen LogP contribution in [0, 0.1) is 5.82 Å². The summed E-state index contributed by atoms with van der Waals surface area (Å²) >= 11 is 7.01. The molecule has 8 heteroatoms. The van der Waals surface area contributed by atoms with Crippen molar-refractivity contribution in [1.29, 1.82) is 0 Å². The fourth-order valence-corrected chi connectivity index (χ4v) is 3.74. The fraction of sp³-hybridized carbons (Fsp3) is 0.389. The first kappa shape index (κ1) is 18.9. The average Bonchev–Trinajstić information content (AvgIpc) is 2.63. The predicted molar refractivity (Wildman–Crippen MR) is 103 cm³/mol. The zero-order valence-corrected chi connectivity index (χ0v) is 16.0. The lowest BCUT2D eigenvalue weighted by Crippen LogP contribution is -2.38. The standard InChI is InChI=1S/C18H20ClFN4OS/c1-12-4-2-3-7-24(12)16-9-18(22-11-21-16)26-10-17(25)23-15-6-5-13(19)8-14(15)20/h5-6,8-9,11-12H,2-4,7,10H2,1H3,(H,23,25). The lowest BCUT2D eigenvalue weighted by atomic mass is 10.0. The van der Waals surface area contributed by atoms with E-state index < -0.39 is 5.82 Å². The van der Waals surface area contributed by atoms with Crippen LogP contribution in [0.1, 0.15) is 26.2 Å². The molecule has 1 N–H and O–H groups in total. The molecule has 2 aromatic rings. The smallest absolute Gasteiger partial charge is 0.234 e. The number of aromatic nitrogens is 2. The highest BCUT2D eigenvalue weighted by molar-refractivity contribution is 7.99. The third kappa shape index (κ3) is 4.86. The van der Waals surface area contributed by atoms with Crippen molar-refractivity contribution in [2.45, 2.75) is 37.3 Å². The Kier molecular flexibility index (Phi) is 6.32. The van der Waals surface area contributed by atoms with E-state index in [1.165, 1.54) is 42.7 Å². The molecule has 0 aliphatic carbocycles. The molecule has 0 saturated carbocycles. The maximum absolute atomic E-state index is 13.7. The number of thioether (sulfide) groups is 1. The molecule has 0 radical (unpaired) electrons. The molecule has 1 unspecified atom stereocenters. The normalized spacial score (nSPS) is 17.2. The van der Waals surface area contributed by atoms with Gasteiger partial charge < -0.3 is 10.2 Å². The molecule has 1 aromatic heterocycles. The van der Waals surface area contributed by atoms with Gasteiger partial charge in [-0.1, -0.05) is 23.4 Å². The van der Waals surface area contributed by atoms with Crippen molar-refractivity contribution >= 4 is 40.8 Å². The van der Waals surface area contributed by atoms with Gasteiger partial charge in [-0.3, -0.25) is 4.79 Å². The number of halogens is 2. The second kappa shape index (κ2) is 8.68. The number of amides is 1. The van der Waals surface area contributed by atoms with Gasteiger partial charge in [-0.05, 0) is 44.4 Å². The second-order valence-corrected chi connectivity index (χ2v) is 7.65. The quantitative estimate of drug-likeness (QED) is 0.602. The van der Waals surface area contributed by atoms with E-state index in [1.54, 1.807) is 0 Å². The topological polar surface area (TPSA) is 58.1 Å². The lowest BCUT2D eigenvalue weighted by molar-refractivity contribution is -0.113. The van der Waals surface area contributed by atoms with Gasteiger partial charge in [0.15, 0.2) is 0 Å². The summed E-state index contributed by atoms with van der Waals surface area (Å²) < 4.78 is 13.7. The van der Waals surface area contributed by atoms with E-state index in [-0.39, 0.29) is 22.4 Å². The highest BCUT2D eigenvalue weighted by atomic mass is 35.5. The first-order valence-electron chi connectivity index (χ1n) is 8.49. The van der Waals surface area contributed by atoms with Crippen molar-refractivity contribution in [3.63, 3.8) is 0 Å². The van der Waals surface area contributed by atoms with Crippen LogP contribution in [0.2, 0.25) is 5.02 Å². The summed E-state index contributed by atoms with van der Waals surface area (Å²) in [5.41, 5.74) is 0.116. The van der Waals surface area contributed by atoms with Crippen molar-refractivity contribution < 1.29 is 9.18 Å². The van der Waals surface area contributed by atoms with Crippen LogP contribution in [0.3, 0.4) is 0 Å². The molecule has 26 heavy (non-hydrogen) atoms. The van der Waals surface area contributed by atoms with Crippen LogP contribution in [0.15, 0.2) is 35.6 Å². The number of hydrogen-bond donors (Lipinski definition) is 1. The van der Waals surface area contributed by atoms with Gasteiger partial charge >= 0.3 is 0 Å². The van der Waals surface area contributed by atoms with Gasteiger partial charge in [-0.15, -0.1) is 0 Å². The monoisotopic (exact) mass is 394 g/mol. The molecule has 138 valence electrons. The van der Waals surface area contributed by atoms with E-state index in [2.05, 4.69) is 27.1 Å². The van der Waals surface area contributed by atoms with Crippen LogP contribution < -0.4 is 10.2 Å². The number of hydrogen-bond acceptors (Lipinski definition) is 5. The van der Waals surface area contributed by atoms with Crippen LogP contribution >= 0.6 is 23.4 Å². The molecule has 1 atom stereocenters. The Morgan fingerprint density at radius 1 is 1.38 bits per heavy atom. The molecule has 0 spiro atoms. The van der Waals surface area contributed by atoms with Crippen molar-refractivity contribution in [1.82, 2.24) is 9.97 Å². The van der Waals surface area contributed by atoms with Gasteiger partial charge in [-0.2, -0.15) is 0 Å². The summed E-state index contributed by atoms with van der Waals surface area (Å²) in [5.74, 6) is 0.162. The Bertz CT molecular complexity index is 792. The third-order valence-electron chi connectivity index (χ3n) is 4.28. The van der Waals surface area contributed by atoms with E-state index in [4.69, 9.17) is 11.6 Å². The number of benzene rings is 1. The summed E-state index contributed by atoms with van der Waals surface area (Å²) in [6.45, 7) is 3.18. The van der Waals surface area contributed by atoms with Crippen LogP contribution in [-0.2, 0) is 4.79 Å². The van der Waals surface area contributed by atoms with Crippen LogP contribution in [0.25, 0.3) is 0 Å². The van der Waals surface area contributed by atoms with Gasteiger partial charge in [0.2, 0.25) is 5.91 Å². The summed E-state index contributed by atoms with van der Waals surface area (Å²) in [7, 11) is 0. The minimum absolute atomic E-state index is 0.116. The van der Waals surface area contributed by atoms with E-state index in [0.29, 0.717) is 6.04 Å². The van der Waals surface area contributed by atoms with Crippen molar-refractivity contribution in [3.8, 4) is 0 Å². The Hall–Kier alpha value is -1.86. The SMILES string of the molecule is CC1CCCCN1c1cc(SCC(=O)Nc2ccc(Cl)cc2F)ncn1. The van der Waals surface area contributed by atoms with E-state index in [0.717, 1.165) is 30.2 Å². The number of rotatable bonds is 5. The molecule has 1 aromatic carbocycles. The van der Waals surface area contributed by atoms with Crippen molar-refractivity contribution in [2.75, 3.05) is 22.5 Å². The fourth-order valence-electron chi connectivity index (χ4n) is 2.92. The lowest BCUT2D eigenvalue weighted by Gasteiger charge is -2.34. The predicted octanol–water partition coefficient (Wildman–Crippen LogP) is 4.38. The molecule has 1 aliphatic heterocycles. The first-order chi connectivity index (χ1) is 12.5. The van der Waals surface area contributed by atoms with E-state index >= 15 is 0 Å². The molecule has 1 saturated heterocycles. The minimum Gasteiger partial charge on any atom is -0.354 e. The minimum atomic E-state index is -0.556. The Morgan fingerprint density at radius 2 is 2.23 bits per heavy atom. The molecule has 2 heterocycles. The maximum Gasteiger partial charge on any atom is 0.234 e. The average molecular weight is 395 g/mol. The first-order valence-corrected chi connectivity index (χ1v) is 9.85. The second-order valence-electron chi connectivity index (χ2n) is 6.21. The number of carbonyl (C=O) groups is 1. The molecule has 3 rings (SSSR count). The zero-order valence-electron chi connectivity index (χ0n) is 14.4. The summed E-state index contributed by atoms with van der Waals surface area (Å²) in [6.07, 6.45) is 5.08. The highest BCUT2D eigenvalue weighted by Gasteiger charge is 2.20. The molecule has 1 fully saturated rings. The van der Waals surface area contributed by atoms with Crippen LogP contribution in [0.4, 0.5) is 15.9 Å². The third-order valence-corrected chi connectivity index (χ3v) is 5.44. The Morgan fingerprint density at radius 3 is 3.00 bits per heavy atom. The largest absolute Gasteiger partial charge is 0.354 e. The number of anilines is 2. The number of carbonyl (C=O) groups excluding carboxylic acids is 1. The van der Waals surface area contributed by atoms with Crippen LogP contribution in [0.5, 0.6) is 0 Å². The Labute approximate surface area is 161 Å². The Balaban J connectivity index is 1.59. The summed E-state index contributed by atoms with van der Waals surface area (Å²) in [4.78, 5) is 22.9. The van der Waals surface area contributed by atoms with Gasteiger partial charge in [0.25, 0.3) is 0 Å². The van der Waals surface area contributed by atoms with Gasteiger partial charge in [0, 0.05) is 23.7 Å². The van der Waals surface area contributed by atoms with Crippen LogP contribution in [-0.4, -0.2) is 34.2 Å². The van der Waals surface area contributed by atoms with E-state index in [9.17, 15) is 9.18 Å².